The number of anilines is 6. The predicted molar refractivity (Wildman–Crippen MR) is 263 cm³/mol. The van der Waals surface area contributed by atoms with Gasteiger partial charge in [-0.25, -0.2) is 0 Å². The summed E-state index contributed by atoms with van der Waals surface area (Å²) in [5.41, 5.74) is 21.2. The predicted octanol–water partition coefficient (Wildman–Crippen LogP) is 16.3. The molecule has 0 saturated heterocycles. The molecule has 2 heteroatoms. The van der Waals surface area contributed by atoms with E-state index in [4.69, 9.17) is 0 Å². The average Bonchev–Trinajstić information content (AvgIpc) is 3.67. The van der Waals surface area contributed by atoms with Crippen molar-refractivity contribution in [2.45, 2.75) is 5.41 Å². The van der Waals surface area contributed by atoms with Gasteiger partial charge in [0.2, 0.25) is 0 Å². The highest BCUT2D eigenvalue weighted by Crippen LogP contribution is 2.65. The number of para-hydroxylation sites is 4. The molecule has 10 aromatic rings. The smallest absolute Gasteiger partial charge is 0.0754 e. The molecular formula is C61H42N2. The second kappa shape index (κ2) is 15.1. The van der Waals surface area contributed by atoms with Crippen LogP contribution >= 0.6 is 0 Å². The van der Waals surface area contributed by atoms with Gasteiger partial charge in [0.1, 0.15) is 0 Å². The van der Waals surface area contributed by atoms with Gasteiger partial charge < -0.3 is 9.80 Å². The minimum absolute atomic E-state index is 0.556. The molecular weight excluding hydrogens is 761 g/mol. The zero-order valence-corrected chi connectivity index (χ0v) is 34.6. The first-order valence-electron chi connectivity index (χ1n) is 21.8. The monoisotopic (exact) mass is 802 g/mol. The molecule has 63 heavy (non-hydrogen) atoms. The molecule has 1 unspecified atom stereocenters. The Morgan fingerprint density at radius 1 is 0.317 bits per heavy atom. The molecule has 0 N–H and O–H groups in total. The molecule has 0 bridgehead atoms. The van der Waals surface area contributed by atoms with Crippen LogP contribution in [0.2, 0.25) is 0 Å². The Kier molecular flexibility index (Phi) is 8.76. The maximum Gasteiger partial charge on any atom is 0.0754 e. The molecule has 1 atom stereocenters. The summed E-state index contributed by atoms with van der Waals surface area (Å²) < 4.78 is 0. The molecule has 2 aliphatic rings. The van der Waals surface area contributed by atoms with Gasteiger partial charge in [-0.15, -0.1) is 0 Å². The van der Waals surface area contributed by atoms with Gasteiger partial charge in [-0.1, -0.05) is 188 Å². The van der Waals surface area contributed by atoms with Crippen LogP contribution in [0.15, 0.2) is 255 Å². The number of hydrogen-bond acceptors (Lipinski definition) is 2. The molecule has 0 fully saturated rings. The fourth-order valence-corrected chi connectivity index (χ4v) is 10.4. The molecule has 12 rings (SSSR count). The summed E-state index contributed by atoms with van der Waals surface area (Å²) in [4.78, 5) is 4.85. The molecule has 296 valence electrons. The highest BCUT2D eigenvalue weighted by atomic mass is 15.2. The van der Waals surface area contributed by atoms with E-state index in [1.807, 2.05) is 0 Å². The number of nitrogens with zero attached hydrogens (tertiary/aromatic N) is 2. The molecule has 0 aromatic heterocycles. The van der Waals surface area contributed by atoms with E-state index in [1.165, 1.54) is 78.1 Å². The van der Waals surface area contributed by atoms with Crippen molar-refractivity contribution in [3.05, 3.63) is 277 Å². The Morgan fingerprint density at radius 3 is 1.54 bits per heavy atom. The molecule has 0 saturated carbocycles. The first kappa shape index (κ1) is 36.6. The summed E-state index contributed by atoms with van der Waals surface area (Å²) in [7, 11) is 0. The normalized spacial score (nSPS) is 14.4. The largest absolute Gasteiger partial charge is 0.310 e. The molecule has 1 aliphatic carbocycles. The fourth-order valence-electron chi connectivity index (χ4n) is 10.4. The Labute approximate surface area is 369 Å². The van der Waals surface area contributed by atoms with Gasteiger partial charge >= 0.3 is 0 Å². The molecule has 0 spiro atoms. The number of fused-ring (bicyclic) bond motifs is 5. The van der Waals surface area contributed by atoms with Crippen LogP contribution in [0.25, 0.3) is 44.5 Å². The lowest BCUT2D eigenvalue weighted by Crippen LogP contribution is -2.35. The molecule has 1 heterocycles. The maximum absolute atomic E-state index is 2.53. The van der Waals surface area contributed by atoms with Crippen LogP contribution < -0.4 is 9.80 Å². The van der Waals surface area contributed by atoms with Crippen LogP contribution in [0, 0.1) is 0 Å². The van der Waals surface area contributed by atoms with Crippen LogP contribution in [-0.4, -0.2) is 0 Å². The zero-order chi connectivity index (χ0) is 41.7. The SMILES string of the molecule is c1ccc(-c2cc3c(cc2-c2ccc(N(c4ccccc4)c4ccccc4-c4ccccc4)cc2)C2(c4ccccc4)c4ccccc4N(c4ccccc4)c4cccc-3c42)cc1. The van der Waals surface area contributed by atoms with Gasteiger partial charge in [0.25, 0.3) is 0 Å². The summed E-state index contributed by atoms with van der Waals surface area (Å²) in [6.45, 7) is 0. The third kappa shape index (κ3) is 5.80. The van der Waals surface area contributed by atoms with E-state index in [0.717, 1.165) is 22.7 Å². The summed E-state index contributed by atoms with van der Waals surface area (Å²) in [5, 5.41) is 0. The van der Waals surface area contributed by atoms with Crippen molar-refractivity contribution in [2.24, 2.45) is 0 Å². The number of rotatable bonds is 8. The quantitative estimate of drug-likeness (QED) is 0.151. The van der Waals surface area contributed by atoms with Crippen molar-refractivity contribution in [2.75, 3.05) is 9.80 Å². The average molecular weight is 803 g/mol. The van der Waals surface area contributed by atoms with Gasteiger partial charge in [-0.3, -0.25) is 0 Å². The lowest BCUT2D eigenvalue weighted by Gasteiger charge is -2.44. The number of benzene rings is 10. The molecule has 0 radical (unpaired) electrons. The van der Waals surface area contributed by atoms with Crippen molar-refractivity contribution >= 4 is 34.1 Å². The summed E-state index contributed by atoms with van der Waals surface area (Å²) in [6, 6.07) is 93.2. The lowest BCUT2D eigenvalue weighted by molar-refractivity contribution is 0.754. The van der Waals surface area contributed by atoms with E-state index in [-0.39, 0.29) is 0 Å². The minimum Gasteiger partial charge on any atom is -0.310 e. The Morgan fingerprint density at radius 2 is 0.825 bits per heavy atom. The van der Waals surface area contributed by atoms with E-state index in [9.17, 15) is 0 Å². The van der Waals surface area contributed by atoms with Crippen LogP contribution in [0.5, 0.6) is 0 Å². The van der Waals surface area contributed by atoms with E-state index >= 15 is 0 Å². The first-order valence-corrected chi connectivity index (χ1v) is 21.8. The van der Waals surface area contributed by atoms with Gasteiger partial charge in [0.05, 0.1) is 22.5 Å². The van der Waals surface area contributed by atoms with Crippen molar-refractivity contribution < 1.29 is 0 Å². The second-order valence-corrected chi connectivity index (χ2v) is 16.4. The van der Waals surface area contributed by atoms with E-state index in [0.29, 0.717) is 0 Å². The van der Waals surface area contributed by atoms with Crippen molar-refractivity contribution in [3.63, 3.8) is 0 Å². The molecule has 10 aromatic carbocycles. The van der Waals surface area contributed by atoms with Crippen LogP contribution in [0.4, 0.5) is 34.1 Å². The zero-order valence-electron chi connectivity index (χ0n) is 34.6. The fraction of sp³-hybridized carbons (Fsp3) is 0.0164. The summed E-state index contributed by atoms with van der Waals surface area (Å²) >= 11 is 0. The molecule has 2 nitrogen and oxygen atoms in total. The summed E-state index contributed by atoms with van der Waals surface area (Å²) in [6.07, 6.45) is 0. The second-order valence-electron chi connectivity index (χ2n) is 16.4. The van der Waals surface area contributed by atoms with Gasteiger partial charge in [-0.2, -0.15) is 0 Å². The highest BCUT2D eigenvalue weighted by molar-refractivity contribution is 6.02. The van der Waals surface area contributed by atoms with Crippen LogP contribution in [-0.2, 0) is 5.41 Å². The van der Waals surface area contributed by atoms with Crippen molar-refractivity contribution in [1.82, 2.24) is 0 Å². The standard InChI is InChI=1S/C61H42N2/c1-6-21-43(22-7-1)50-31-16-18-34-57(50)62(47-27-12-4-13-28-47)49-39-37-45(38-40-49)53-42-56-54(41-52(53)44-23-8-2-9-24-44)51-32-20-36-59-60(51)61(56,46-25-10-3-11-26-46)55-33-17-19-35-58(55)63(59)48-29-14-5-15-30-48/h1-42H. The van der Waals surface area contributed by atoms with Crippen LogP contribution in [0.1, 0.15) is 22.3 Å². The van der Waals surface area contributed by atoms with Gasteiger partial charge in [0, 0.05) is 28.2 Å². The van der Waals surface area contributed by atoms with Gasteiger partial charge in [0.15, 0.2) is 0 Å². The summed E-state index contributed by atoms with van der Waals surface area (Å²) in [5.74, 6) is 0. The minimum atomic E-state index is -0.556. The van der Waals surface area contributed by atoms with Crippen molar-refractivity contribution in [3.8, 4) is 44.5 Å². The molecule has 1 aliphatic heterocycles. The van der Waals surface area contributed by atoms with E-state index in [2.05, 4.69) is 265 Å². The molecule has 0 amide bonds. The van der Waals surface area contributed by atoms with Gasteiger partial charge in [-0.05, 0) is 122 Å². The number of hydrogen-bond donors (Lipinski definition) is 0. The lowest BCUT2D eigenvalue weighted by atomic mass is 9.64. The van der Waals surface area contributed by atoms with Crippen LogP contribution in [0.3, 0.4) is 0 Å². The Hall–Kier alpha value is -8.20. The first-order chi connectivity index (χ1) is 31.3. The van der Waals surface area contributed by atoms with E-state index < -0.39 is 5.41 Å². The third-order valence-electron chi connectivity index (χ3n) is 13.0. The highest BCUT2D eigenvalue weighted by Gasteiger charge is 2.52. The topological polar surface area (TPSA) is 6.48 Å². The maximum atomic E-state index is 2.53. The van der Waals surface area contributed by atoms with E-state index in [1.54, 1.807) is 0 Å². The Bertz CT molecular complexity index is 3260. The third-order valence-corrected chi connectivity index (χ3v) is 13.0. The van der Waals surface area contributed by atoms with Crippen molar-refractivity contribution in [1.29, 1.82) is 0 Å². The Balaban J connectivity index is 1.10.